The lowest BCUT2D eigenvalue weighted by atomic mass is 10.7. The summed E-state index contributed by atoms with van der Waals surface area (Å²) in [4.78, 5) is 0. The molecule has 0 unspecified atom stereocenters. The number of hydrogen-bond donors (Lipinski definition) is 0. The second-order valence-electron chi connectivity index (χ2n) is 1.27. The molecule has 3 heteroatoms. The van der Waals surface area contributed by atoms with Gasteiger partial charge in [0.25, 0.3) is 0 Å². The maximum Gasteiger partial charge on any atom is 0.180 e. The third-order valence-corrected chi connectivity index (χ3v) is 0.780. The van der Waals surface area contributed by atoms with Crippen molar-refractivity contribution >= 4 is 0 Å². The minimum Gasteiger partial charge on any atom is -0.374 e. The highest BCUT2D eigenvalue weighted by atomic mass is 16.7. The van der Waals surface area contributed by atoms with Gasteiger partial charge in [0.2, 0.25) is 0 Å². The van der Waals surface area contributed by atoms with Crippen molar-refractivity contribution in [1.29, 1.82) is 0 Å². The topological polar surface area (TPSA) is 27.7 Å². The summed E-state index contributed by atoms with van der Waals surface area (Å²) in [6, 6.07) is 0. The summed E-state index contributed by atoms with van der Waals surface area (Å²) in [5, 5.41) is 0. The Kier molecular flexibility index (Phi) is 4.95. The van der Waals surface area contributed by atoms with E-state index in [1.165, 1.54) is 0 Å². The summed E-state index contributed by atoms with van der Waals surface area (Å²) in [6.45, 7) is 0.368. The SMILES string of the molecule is [CH2]OCC(OC)OC. The van der Waals surface area contributed by atoms with Crippen molar-refractivity contribution in [1.82, 2.24) is 0 Å². The highest BCUT2D eigenvalue weighted by Gasteiger charge is 2.00. The maximum atomic E-state index is 4.75. The van der Waals surface area contributed by atoms with Crippen LogP contribution in [0, 0.1) is 7.11 Å². The molecule has 0 amide bonds. The van der Waals surface area contributed by atoms with Crippen molar-refractivity contribution in [3.8, 4) is 0 Å². The largest absolute Gasteiger partial charge is 0.374 e. The summed E-state index contributed by atoms with van der Waals surface area (Å²) < 4.78 is 14.0. The molecular formula is C5H11O3. The fourth-order valence-corrected chi connectivity index (χ4v) is 0.329. The van der Waals surface area contributed by atoms with Crippen LogP contribution < -0.4 is 0 Å². The van der Waals surface area contributed by atoms with Crippen LogP contribution in [-0.2, 0) is 14.2 Å². The molecule has 0 aromatic rings. The fraction of sp³-hybridized carbons (Fsp3) is 0.800. The van der Waals surface area contributed by atoms with Crippen LogP contribution in [0.1, 0.15) is 0 Å². The van der Waals surface area contributed by atoms with Crippen LogP contribution in [0.3, 0.4) is 0 Å². The van der Waals surface area contributed by atoms with E-state index in [4.69, 9.17) is 9.47 Å². The smallest absolute Gasteiger partial charge is 0.180 e. The number of hydrogen-bond acceptors (Lipinski definition) is 3. The molecule has 8 heavy (non-hydrogen) atoms. The van der Waals surface area contributed by atoms with Crippen LogP contribution in [0.5, 0.6) is 0 Å². The Morgan fingerprint density at radius 2 is 1.88 bits per heavy atom. The van der Waals surface area contributed by atoms with Crippen molar-refractivity contribution in [2.75, 3.05) is 20.8 Å². The van der Waals surface area contributed by atoms with E-state index in [0.717, 1.165) is 0 Å². The first-order valence-corrected chi connectivity index (χ1v) is 2.27. The molecule has 0 spiro atoms. The summed E-state index contributed by atoms with van der Waals surface area (Å²) in [6.07, 6.45) is -0.285. The van der Waals surface area contributed by atoms with E-state index in [2.05, 4.69) is 11.8 Å². The lowest BCUT2D eigenvalue weighted by Crippen LogP contribution is -2.18. The second-order valence-corrected chi connectivity index (χ2v) is 1.27. The molecule has 0 N–H and O–H groups in total. The van der Waals surface area contributed by atoms with Gasteiger partial charge in [-0.2, -0.15) is 0 Å². The van der Waals surface area contributed by atoms with Crippen LogP contribution in [0.25, 0.3) is 0 Å². The zero-order valence-electron chi connectivity index (χ0n) is 5.22. The molecule has 0 rings (SSSR count). The Hall–Kier alpha value is -0.120. The zero-order valence-corrected chi connectivity index (χ0v) is 5.22. The lowest BCUT2D eigenvalue weighted by molar-refractivity contribution is -0.129. The first kappa shape index (κ1) is 7.88. The van der Waals surface area contributed by atoms with Crippen LogP contribution in [0.15, 0.2) is 0 Å². The van der Waals surface area contributed by atoms with Gasteiger partial charge < -0.3 is 14.2 Å². The molecule has 0 aliphatic rings. The van der Waals surface area contributed by atoms with Gasteiger partial charge in [-0.05, 0) is 0 Å². The molecule has 0 heterocycles. The third kappa shape index (κ3) is 2.96. The molecule has 1 radical (unpaired) electrons. The molecule has 0 saturated heterocycles. The van der Waals surface area contributed by atoms with E-state index >= 15 is 0 Å². The number of methoxy groups -OCH3 is 2. The van der Waals surface area contributed by atoms with Crippen LogP contribution in [0.4, 0.5) is 0 Å². The van der Waals surface area contributed by atoms with Crippen molar-refractivity contribution in [3.63, 3.8) is 0 Å². The van der Waals surface area contributed by atoms with E-state index in [1.807, 2.05) is 0 Å². The van der Waals surface area contributed by atoms with Crippen molar-refractivity contribution in [2.45, 2.75) is 6.29 Å². The number of rotatable bonds is 4. The minimum atomic E-state index is -0.285. The van der Waals surface area contributed by atoms with Gasteiger partial charge >= 0.3 is 0 Å². The van der Waals surface area contributed by atoms with E-state index in [0.29, 0.717) is 6.61 Å². The molecule has 0 fully saturated rings. The fourth-order valence-electron chi connectivity index (χ4n) is 0.329. The average Bonchev–Trinajstić information content (AvgIpc) is 1.83. The van der Waals surface area contributed by atoms with Gasteiger partial charge in [0.1, 0.15) is 0 Å². The molecule has 0 aliphatic carbocycles. The van der Waals surface area contributed by atoms with Gasteiger partial charge in [-0.25, -0.2) is 0 Å². The van der Waals surface area contributed by atoms with Crippen LogP contribution >= 0.6 is 0 Å². The monoisotopic (exact) mass is 119 g/mol. The van der Waals surface area contributed by atoms with Gasteiger partial charge in [0, 0.05) is 14.2 Å². The highest BCUT2D eigenvalue weighted by molar-refractivity contribution is 4.35. The Morgan fingerprint density at radius 3 is 2.00 bits per heavy atom. The molecule has 0 aliphatic heterocycles. The maximum absolute atomic E-state index is 4.75. The molecule has 49 valence electrons. The van der Waals surface area contributed by atoms with Crippen LogP contribution in [-0.4, -0.2) is 27.1 Å². The van der Waals surface area contributed by atoms with Crippen molar-refractivity contribution < 1.29 is 14.2 Å². The van der Waals surface area contributed by atoms with Crippen LogP contribution in [0.2, 0.25) is 0 Å². The van der Waals surface area contributed by atoms with Gasteiger partial charge in [-0.3, -0.25) is 0 Å². The molecule has 0 bridgehead atoms. The Balaban J connectivity index is 3.07. The van der Waals surface area contributed by atoms with Gasteiger partial charge in [0.05, 0.1) is 13.7 Å². The van der Waals surface area contributed by atoms with Gasteiger partial charge in [-0.1, -0.05) is 0 Å². The Morgan fingerprint density at radius 1 is 1.38 bits per heavy atom. The average molecular weight is 119 g/mol. The van der Waals surface area contributed by atoms with Gasteiger partial charge in [0.15, 0.2) is 6.29 Å². The normalized spacial score (nSPS) is 10.5. The van der Waals surface area contributed by atoms with Crippen molar-refractivity contribution in [3.05, 3.63) is 7.11 Å². The molecule has 0 atom stereocenters. The molecule has 0 aromatic heterocycles. The van der Waals surface area contributed by atoms with Crippen molar-refractivity contribution in [2.24, 2.45) is 0 Å². The van der Waals surface area contributed by atoms with E-state index < -0.39 is 0 Å². The Labute approximate surface area is 49.5 Å². The lowest BCUT2D eigenvalue weighted by Gasteiger charge is -2.10. The van der Waals surface area contributed by atoms with E-state index in [-0.39, 0.29) is 6.29 Å². The highest BCUT2D eigenvalue weighted by Crippen LogP contribution is 1.89. The van der Waals surface area contributed by atoms with Gasteiger partial charge in [-0.15, -0.1) is 0 Å². The van der Waals surface area contributed by atoms with E-state index in [1.54, 1.807) is 14.2 Å². The standard InChI is InChI=1S/C5H11O3/c1-6-4-5(7-2)8-3/h5H,1,4H2,2-3H3. The first-order valence-electron chi connectivity index (χ1n) is 2.27. The zero-order chi connectivity index (χ0) is 6.41. The quantitative estimate of drug-likeness (QED) is 0.502. The summed E-state index contributed by atoms with van der Waals surface area (Å²) in [5.74, 6) is 0. The summed E-state index contributed by atoms with van der Waals surface area (Å²) >= 11 is 0. The second kappa shape index (κ2) is 5.03. The molecule has 3 nitrogen and oxygen atoms in total. The Bertz CT molecular complexity index is 42.9. The summed E-state index contributed by atoms with van der Waals surface area (Å²) in [7, 11) is 6.26. The molecular weight excluding hydrogens is 108 g/mol. The first-order chi connectivity index (χ1) is 3.85. The third-order valence-electron chi connectivity index (χ3n) is 0.780. The molecule has 0 aromatic carbocycles. The predicted molar refractivity (Wildman–Crippen MR) is 29.1 cm³/mol. The summed E-state index contributed by atoms with van der Waals surface area (Å²) in [5.41, 5.74) is 0. The minimum absolute atomic E-state index is 0.285. The number of ether oxygens (including phenoxy) is 3. The predicted octanol–water partition coefficient (Wildman–Crippen LogP) is 0.413. The van der Waals surface area contributed by atoms with E-state index in [9.17, 15) is 0 Å². The molecule has 0 saturated carbocycles.